The molecule has 2 amide bonds. The Kier molecular flexibility index (Phi) is 5.71. The summed E-state index contributed by atoms with van der Waals surface area (Å²) >= 11 is 0. The maximum Gasteiger partial charge on any atom is 0.251 e. The van der Waals surface area contributed by atoms with E-state index in [-0.39, 0.29) is 18.4 Å². The van der Waals surface area contributed by atoms with E-state index in [1.807, 2.05) is 6.07 Å². The molecule has 0 saturated heterocycles. The molecule has 0 aliphatic heterocycles. The van der Waals surface area contributed by atoms with Gasteiger partial charge in [-0.3, -0.25) is 9.59 Å². The molecule has 0 aliphatic rings. The van der Waals surface area contributed by atoms with Gasteiger partial charge in [-0.25, -0.2) is 4.68 Å². The molecule has 0 radical (unpaired) electrons. The number of benzene rings is 1. The number of rotatable bonds is 7. The minimum atomic E-state index is -0.275. The van der Waals surface area contributed by atoms with Gasteiger partial charge in [-0.2, -0.15) is 5.10 Å². The van der Waals surface area contributed by atoms with E-state index in [9.17, 15) is 9.59 Å². The zero-order valence-electron chi connectivity index (χ0n) is 12.6. The van der Waals surface area contributed by atoms with Gasteiger partial charge >= 0.3 is 0 Å². The van der Waals surface area contributed by atoms with E-state index in [0.29, 0.717) is 11.4 Å². The Hall–Kier alpha value is -2.63. The minimum absolute atomic E-state index is 0.0767. The summed E-state index contributed by atoms with van der Waals surface area (Å²) in [4.78, 5) is 23.8. The van der Waals surface area contributed by atoms with Crippen molar-refractivity contribution < 1.29 is 9.59 Å². The summed E-state index contributed by atoms with van der Waals surface area (Å²) in [7, 11) is 0. The van der Waals surface area contributed by atoms with Gasteiger partial charge in [-0.05, 0) is 18.6 Å². The molecular weight excluding hydrogens is 280 g/mol. The molecule has 2 rings (SSSR count). The van der Waals surface area contributed by atoms with Crippen molar-refractivity contribution in [1.29, 1.82) is 0 Å². The van der Waals surface area contributed by atoms with Crippen molar-refractivity contribution in [1.82, 2.24) is 15.1 Å². The monoisotopic (exact) mass is 300 g/mol. The summed E-state index contributed by atoms with van der Waals surface area (Å²) in [6.45, 7) is 2.78. The number of amides is 2. The Bertz CT molecular complexity index is 622. The third-order valence-corrected chi connectivity index (χ3v) is 3.15. The van der Waals surface area contributed by atoms with E-state index in [2.05, 4.69) is 22.7 Å². The molecule has 0 unspecified atom stereocenters. The van der Waals surface area contributed by atoms with Crippen LogP contribution < -0.4 is 10.6 Å². The fraction of sp³-hybridized carbons (Fsp3) is 0.312. The normalized spacial score (nSPS) is 10.2. The van der Waals surface area contributed by atoms with Gasteiger partial charge in [0.05, 0.1) is 12.7 Å². The Labute approximate surface area is 129 Å². The Morgan fingerprint density at radius 1 is 1.18 bits per heavy atom. The average Bonchev–Trinajstić information content (AvgIpc) is 2.98. The molecule has 6 heteroatoms. The van der Waals surface area contributed by atoms with E-state index in [1.165, 1.54) is 0 Å². The van der Waals surface area contributed by atoms with E-state index < -0.39 is 0 Å². The zero-order chi connectivity index (χ0) is 15.8. The van der Waals surface area contributed by atoms with Crippen LogP contribution in [0.2, 0.25) is 0 Å². The number of aryl methyl sites for hydroxylation is 1. The third-order valence-electron chi connectivity index (χ3n) is 3.15. The number of carbonyl (C=O) groups is 2. The van der Waals surface area contributed by atoms with E-state index in [1.54, 1.807) is 41.2 Å². The highest BCUT2D eigenvalue weighted by molar-refractivity contribution is 5.99. The van der Waals surface area contributed by atoms with Crippen LogP contribution in [0.3, 0.4) is 0 Å². The predicted molar refractivity (Wildman–Crippen MR) is 84.5 cm³/mol. The first kappa shape index (κ1) is 15.8. The lowest BCUT2D eigenvalue weighted by Gasteiger charge is -2.09. The summed E-state index contributed by atoms with van der Waals surface area (Å²) in [5.41, 5.74) is 0.531. The molecule has 116 valence electrons. The highest BCUT2D eigenvalue weighted by Crippen LogP contribution is 2.07. The van der Waals surface area contributed by atoms with Gasteiger partial charge in [0.1, 0.15) is 5.82 Å². The summed E-state index contributed by atoms with van der Waals surface area (Å²) in [6.07, 6.45) is 3.70. The SMILES string of the molecule is CCCCn1nccc1NC(=O)CNC(=O)c1ccccc1. The second-order valence-corrected chi connectivity index (χ2v) is 4.89. The lowest BCUT2D eigenvalue weighted by molar-refractivity contribution is -0.115. The molecule has 1 heterocycles. The van der Waals surface area contributed by atoms with Crippen molar-refractivity contribution >= 4 is 17.6 Å². The maximum atomic E-state index is 11.9. The number of nitrogens with zero attached hydrogens (tertiary/aromatic N) is 2. The molecule has 0 spiro atoms. The lowest BCUT2D eigenvalue weighted by atomic mass is 10.2. The van der Waals surface area contributed by atoms with Gasteiger partial charge in [0.15, 0.2) is 0 Å². The number of hydrogen-bond acceptors (Lipinski definition) is 3. The second-order valence-electron chi connectivity index (χ2n) is 4.89. The molecule has 0 bridgehead atoms. The summed E-state index contributed by atoms with van der Waals surface area (Å²) < 4.78 is 1.75. The number of anilines is 1. The van der Waals surface area contributed by atoms with E-state index >= 15 is 0 Å². The molecule has 0 atom stereocenters. The van der Waals surface area contributed by atoms with Crippen LogP contribution in [0.4, 0.5) is 5.82 Å². The predicted octanol–water partition coefficient (Wildman–Crippen LogP) is 2.05. The first-order valence-corrected chi connectivity index (χ1v) is 7.35. The van der Waals surface area contributed by atoms with Crippen LogP contribution >= 0.6 is 0 Å². The molecule has 6 nitrogen and oxygen atoms in total. The number of nitrogens with one attached hydrogen (secondary N) is 2. The first-order chi connectivity index (χ1) is 10.7. The van der Waals surface area contributed by atoms with Crippen molar-refractivity contribution in [2.45, 2.75) is 26.3 Å². The van der Waals surface area contributed by atoms with Gasteiger partial charge in [-0.1, -0.05) is 31.5 Å². The summed E-state index contributed by atoms with van der Waals surface area (Å²) in [6, 6.07) is 10.5. The Balaban J connectivity index is 1.83. The van der Waals surface area contributed by atoms with Crippen molar-refractivity contribution in [3.63, 3.8) is 0 Å². The molecule has 1 aromatic heterocycles. The van der Waals surface area contributed by atoms with Crippen LogP contribution in [0.1, 0.15) is 30.1 Å². The summed E-state index contributed by atoms with van der Waals surface area (Å²) in [5.74, 6) is 0.102. The van der Waals surface area contributed by atoms with E-state index in [4.69, 9.17) is 0 Å². The number of aromatic nitrogens is 2. The molecule has 22 heavy (non-hydrogen) atoms. The topological polar surface area (TPSA) is 76.0 Å². The average molecular weight is 300 g/mol. The molecule has 2 N–H and O–H groups in total. The molecule has 0 fully saturated rings. The van der Waals surface area contributed by atoms with E-state index in [0.717, 1.165) is 19.4 Å². The van der Waals surface area contributed by atoms with Crippen LogP contribution in [0.5, 0.6) is 0 Å². The fourth-order valence-corrected chi connectivity index (χ4v) is 1.96. The van der Waals surface area contributed by atoms with Crippen LogP contribution in [-0.2, 0) is 11.3 Å². The number of carbonyl (C=O) groups excluding carboxylic acids is 2. The van der Waals surface area contributed by atoms with Crippen LogP contribution in [0, 0.1) is 0 Å². The zero-order valence-corrected chi connectivity index (χ0v) is 12.6. The van der Waals surface area contributed by atoms with Crippen LogP contribution in [0.25, 0.3) is 0 Å². The standard InChI is InChI=1S/C16H20N4O2/c1-2-3-11-20-14(9-10-18-20)19-15(21)12-17-16(22)13-7-5-4-6-8-13/h4-10H,2-3,11-12H2,1H3,(H,17,22)(H,19,21). The van der Waals surface area contributed by atoms with Gasteiger partial charge in [-0.15, -0.1) is 0 Å². The molecular formula is C16H20N4O2. The Morgan fingerprint density at radius 2 is 1.95 bits per heavy atom. The highest BCUT2D eigenvalue weighted by Gasteiger charge is 2.09. The summed E-state index contributed by atoms with van der Waals surface area (Å²) in [5, 5.41) is 9.51. The van der Waals surface area contributed by atoms with Crippen LogP contribution in [-0.4, -0.2) is 28.1 Å². The van der Waals surface area contributed by atoms with Gasteiger partial charge in [0.25, 0.3) is 5.91 Å². The van der Waals surface area contributed by atoms with Crippen molar-refractivity contribution in [2.75, 3.05) is 11.9 Å². The highest BCUT2D eigenvalue weighted by atomic mass is 16.2. The lowest BCUT2D eigenvalue weighted by Crippen LogP contribution is -2.33. The van der Waals surface area contributed by atoms with Gasteiger partial charge in [0.2, 0.25) is 5.91 Å². The van der Waals surface area contributed by atoms with Crippen molar-refractivity contribution in [2.24, 2.45) is 0 Å². The van der Waals surface area contributed by atoms with Gasteiger partial charge < -0.3 is 10.6 Å². The molecule has 1 aromatic carbocycles. The molecule has 0 aliphatic carbocycles. The molecule has 0 saturated carbocycles. The van der Waals surface area contributed by atoms with Crippen LogP contribution in [0.15, 0.2) is 42.6 Å². The third kappa shape index (κ3) is 4.44. The number of hydrogen-bond donors (Lipinski definition) is 2. The maximum absolute atomic E-state index is 11.9. The first-order valence-electron chi connectivity index (χ1n) is 7.35. The Morgan fingerprint density at radius 3 is 2.68 bits per heavy atom. The van der Waals surface area contributed by atoms with Crippen molar-refractivity contribution in [3.8, 4) is 0 Å². The number of unbranched alkanes of at least 4 members (excludes halogenated alkanes) is 1. The quantitative estimate of drug-likeness (QED) is 0.821. The molecule has 2 aromatic rings. The smallest absolute Gasteiger partial charge is 0.251 e. The fourth-order valence-electron chi connectivity index (χ4n) is 1.96. The second kappa shape index (κ2) is 7.97. The van der Waals surface area contributed by atoms with Crippen molar-refractivity contribution in [3.05, 3.63) is 48.2 Å². The largest absolute Gasteiger partial charge is 0.343 e. The minimum Gasteiger partial charge on any atom is -0.343 e. The van der Waals surface area contributed by atoms with Gasteiger partial charge in [0, 0.05) is 18.2 Å².